The monoisotopic (exact) mass is 398 g/mol. The number of aromatic nitrogens is 4. The van der Waals surface area contributed by atoms with Gasteiger partial charge in [0.05, 0.1) is 16.0 Å². The first-order valence-electron chi connectivity index (χ1n) is 9.57. The van der Waals surface area contributed by atoms with Crippen LogP contribution in [-0.2, 0) is 0 Å². The summed E-state index contributed by atoms with van der Waals surface area (Å²) in [6.45, 7) is 0.443. The van der Waals surface area contributed by atoms with Crippen LogP contribution >= 0.6 is 11.6 Å². The lowest BCUT2D eigenvalue weighted by atomic mass is 9.91. The van der Waals surface area contributed by atoms with Gasteiger partial charge in [0.2, 0.25) is 5.95 Å². The van der Waals surface area contributed by atoms with Gasteiger partial charge in [-0.3, -0.25) is 9.36 Å². The molecule has 0 aliphatic heterocycles. The number of nitrogens with one attached hydrogen (secondary N) is 1. The number of nitrogens with zero attached hydrogens (tertiary/aromatic N) is 4. The van der Waals surface area contributed by atoms with E-state index in [0.717, 1.165) is 25.7 Å². The van der Waals surface area contributed by atoms with Crippen molar-refractivity contribution in [2.75, 3.05) is 6.54 Å². The molecule has 1 amide bonds. The molecule has 3 heterocycles. The quantitative estimate of drug-likeness (QED) is 0.657. The van der Waals surface area contributed by atoms with Gasteiger partial charge in [0, 0.05) is 36.9 Å². The minimum Gasteiger partial charge on any atom is -0.350 e. The Morgan fingerprint density at radius 2 is 1.86 bits per heavy atom. The minimum atomic E-state index is -0.352. The van der Waals surface area contributed by atoms with Crippen molar-refractivity contribution in [2.45, 2.75) is 44.1 Å². The normalized spacial score (nSPS) is 16.6. The molecule has 1 fully saturated rings. The zero-order valence-electron chi connectivity index (χ0n) is 15.6. The Bertz CT molecular complexity index is 979. The average molecular weight is 399 g/mol. The molecule has 3 N–H and O–H groups in total. The molecule has 0 spiro atoms. The Labute approximate surface area is 168 Å². The van der Waals surface area contributed by atoms with E-state index in [1.165, 1.54) is 12.8 Å². The van der Waals surface area contributed by atoms with Crippen LogP contribution in [0.5, 0.6) is 0 Å². The summed E-state index contributed by atoms with van der Waals surface area (Å²) in [5.74, 6) is 0.212. The van der Waals surface area contributed by atoms with Crippen LogP contribution in [0.4, 0.5) is 0 Å². The fourth-order valence-corrected chi connectivity index (χ4v) is 4.06. The molecule has 7 nitrogen and oxygen atoms in total. The van der Waals surface area contributed by atoms with Crippen LogP contribution in [0.25, 0.3) is 17.0 Å². The van der Waals surface area contributed by atoms with Gasteiger partial charge in [0.15, 0.2) is 0 Å². The van der Waals surface area contributed by atoms with E-state index in [9.17, 15) is 4.79 Å². The first-order chi connectivity index (χ1) is 13.6. The molecule has 0 radical (unpaired) electrons. The van der Waals surface area contributed by atoms with Crippen molar-refractivity contribution in [3.05, 3.63) is 47.5 Å². The third kappa shape index (κ3) is 3.72. The molecular formula is C20H23ClN6O. The average Bonchev–Trinajstić information content (AvgIpc) is 2.98. The second kappa shape index (κ2) is 7.85. The molecule has 146 valence electrons. The zero-order valence-corrected chi connectivity index (χ0v) is 16.3. The van der Waals surface area contributed by atoms with Crippen LogP contribution in [0.3, 0.4) is 0 Å². The second-order valence-corrected chi connectivity index (χ2v) is 7.82. The number of fused-ring (bicyclic) bond motifs is 1. The van der Waals surface area contributed by atoms with E-state index in [2.05, 4.69) is 20.3 Å². The number of pyridine rings is 1. The Hall–Kier alpha value is -2.51. The van der Waals surface area contributed by atoms with E-state index in [0.29, 0.717) is 34.1 Å². The van der Waals surface area contributed by atoms with Crippen molar-refractivity contribution < 1.29 is 4.79 Å². The highest BCUT2D eigenvalue weighted by atomic mass is 35.5. The first kappa shape index (κ1) is 18.8. The third-order valence-electron chi connectivity index (χ3n) is 5.35. The topological polar surface area (TPSA) is 98.7 Å². The fourth-order valence-electron chi connectivity index (χ4n) is 3.82. The van der Waals surface area contributed by atoms with Gasteiger partial charge in [-0.2, -0.15) is 0 Å². The standard InChI is InChI=1S/C20H23ClN6O/c21-15-6-11-23-17-16(15)14(12-27(17)19-24-9-5-10-25-19)18(28)26-13-20(22)7-3-1-2-4-8-20/h5-6,9-12H,1-4,7-8,13,22H2,(H,26,28). The van der Waals surface area contributed by atoms with Crippen LogP contribution < -0.4 is 11.1 Å². The summed E-state index contributed by atoms with van der Waals surface area (Å²) in [5, 5.41) is 4.06. The zero-order chi connectivity index (χ0) is 19.6. The van der Waals surface area contributed by atoms with Crippen LogP contribution in [0.2, 0.25) is 5.02 Å². The van der Waals surface area contributed by atoms with Gasteiger partial charge in [0.25, 0.3) is 5.91 Å². The molecule has 0 bridgehead atoms. The number of carbonyl (C=O) groups is 1. The van der Waals surface area contributed by atoms with Crippen molar-refractivity contribution >= 4 is 28.5 Å². The Morgan fingerprint density at radius 1 is 1.14 bits per heavy atom. The number of halogens is 1. The Kier molecular flexibility index (Phi) is 5.28. The molecular weight excluding hydrogens is 376 g/mol. The van der Waals surface area contributed by atoms with E-state index < -0.39 is 0 Å². The maximum Gasteiger partial charge on any atom is 0.253 e. The lowest BCUT2D eigenvalue weighted by Gasteiger charge is -2.28. The van der Waals surface area contributed by atoms with Gasteiger partial charge in [-0.25, -0.2) is 15.0 Å². The lowest BCUT2D eigenvalue weighted by Crippen LogP contribution is -2.49. The van der Waals surface area contributed by atoms with Crippen molar-refractivity contribution in [3.8, 4) is 5.95 Å². The predicted molar refractivity (Wildman–Crippen MR) is 109 cm³/mol. The maximum absolute atomic E-state index is 13.0. The van der Waals surface area contributed by atoms with Crippen LogP contribution in [-0.4, -0.2) is 37.5 Å². The van der Waals surface area contributed by atoms with Crippen molar-refractivity contribution in [1.82, 2.24) is 24.8 Å². The summed E-state index contributed by atoms with van der Waals surface area (Å²) in [6, 6.07) is 3.41. The van der Waals surface area contributed by atoms with Crippen molar-refractivity contribution in [2.24, 2.45) is 5.73 Å². The first-order valence-corrected chi connectivity index (χ1v) is 9.95. The van der Waals surface area contributed by atoms with Gasteiger partial charge in [-0.05, 0) is 25.0 Å². The molecule has 3 aromatic heterocycles. The smallest absolute Gasteiger partial charge is 0.253 e. The molecule has 1 saturated carbocycles. The Balaban J connectivity index is 1.65. The van der Waals surface area contributed by atoms with E-state index >= 15 is 0 Å². The number of rotatable bonds is 4. The number of nitrogens with two attached hydrogens (primary N) is 1. The molecule has 4 rings (SSSR count). The number of amides is 1. The molecule has 1 aliphatic carbocycles. The number of hydrogen-bond donors (Lipinski definition) is 2. The molecule has 0 saturated heterocycles. The van der Waals surface area contributed by atoms with Gasteiger partial charge < -0.3 is 11.1 Å². The van der Waals surface area contributed by atoms with E-state index in [1.807, 2.05) is 0 Å². The van der Waals surface area contributed by atoms with Gasteiger partial charge in [-0.1, -0.05) is 37.3 Å². The molecule has 0 aromatic carbocycles. The van der Waals surface area contributed by atoms with Crippen LogP contribution in [0, 0.1) is 0 Å². The van der Waals surface area contributed by atoms with Crippen molar-refractivity contribution in [1.29, 1.82) is 0 Å². The summed E-state index contributed by atoms with van der Waals surface area (Å²) in [4.78, 5) is 25.9. The summed E-state index contributed by atoms with van der Waals surface area (Å²) in [7, 11) is 0. The molecule has 0 atom stereocenters. The van der Waals surface area contributed by atoms with Gasteiger partial charge in [-0.15, -0.1) is 0 Å². The molecule has 0 unspecified atom stereocenters. The van der Waals surface area contributed by atoms with E-state index in [-0.39, 0.29) is 11.4 Å². The van der Waals surface area contributed by atoms with Crippen molar-refractivity contribution in [3.63, 3.8) is 0 Å². The highest BCUT2D eigenvalue weighted by Crippen LogP contribution is 2.29. The van der Waals surface area contributed by atoms with Crippen LogP contribution in [0.1, 0.15) is 48.9 Å². The molecule has 3 aromatic rings. The Morgan fingerprint density at radius 3 is 2.57 bits per heavy atom. The molecule has 1 aliphatic rings. The summed E-state index contributed by atoms with van der Waals surface area (Å²) >= 11 is 6.41. The minimum absolute atomic E-state index is 0.219. The third-order valence-corrected chi connectivity index (χ3v) is 5.66. The highest BCUT2D eigenvalue weighted by Gasteiger charge is 2.28. The predicted octanol–water partition coefficient (Wildman–Crippen LogP) is 3.25. The lowest BCUT2D eigenvalue weighted by molar-refractivity contribution is 0.0942. The highest BCUT2D eigenvalue weighted by molar-refractivity contribution is 6.36. The largest absolute Gasteiger partial charge is 0.350 e. The number of hydrogen-bond acceptors (Lipinski definition) is 5. The number of carbonyl (C=O) groups excluding carboxylic acids is 1. The second-order valence-electron chi connectivity index (χ2n) is 7.41. The summed E-state index contributed by atoms with van der Waals surface area (Å²) in [5.41, 5.74) is 7.18. The molecule has 28 heavy (non-hydrogen) atoms. The van der Waals surface area contributed by atoms with Gasteiger partial charge >= 0.3 is 0 Å². The summed E-state index contributed by atoms with van der Waals surface area (Å²) < 4.78 is 1.68. The molecule has 8 heteroatoms. The van der Waals surface area contributed by atoms with E-state index in [1.54, 1.807) is 41.5 Å². The SMILES string of the molecule is NC1(CNC(=O)c2cn(-c3ncccn3)c3nccc(Cl)c23)CCCCCC1. The summed E-state index contributed by atoms with van der Waals surface area (Å²) in [6.07, 6.45) is 13.0. The fraction of sp³-hybridized carbons (Fsp3) is 0.400. The maximum atomic E-state index is 13.0. The van der Waals surface area contributed by atoms with E-state index in [4.69, 9.17) is 17.3 Å². The van der Waals surface area contributed by atoms with Crippen LogP contribution in [0.15, 0.2) is 36.9 Å². The van der Waals surface area contributed by atoms with Gasteiger partial charge in [0.1, 0.15) is 5.65 Å².